The number of rotatable bonds is 7. The number of aliphatic hydroxyl groups is 2. The van der Waals surface area contributed by atoms with Crippen LogP contribution in [-0.4, -0.2) is 115 Å². The highest BCUT2D eigenvalue weighted by molar-refractivity contribution is 5.73. The topological polar surface area (TPSA) is 125 Å². The Labute approximate surface area is 288 Å². The first kappa shape index (κ1) is 39.5. The Bertz CT molecular complexity index is 1130. The Balaban J connectivity index is 1.81. The number of nitrogens with zero attached hydrogens (tertiary/aromatic N) is 1. The molecule has 2 bridgehead atoms. The van der Waals surface area contributed by atoms with E-state index in [0.29, 0.717) is 37.9 Å². The van der Waals surface area contributed by atoms with Crippen LogP contribution >= 0.6 is 0 Å². The van der Waals surface area contributed by atoms with Gasteiger partial charge in [-0.1, -0.05) is 27.7 Å². The number of carbonyl (C=O) groups is 1. The summed E-state index contributed by atoms with van der Waals surface area (Å²) in [4.78, 5) is 16.1. The summed E-state index contributed by atoms with van der Waals surface area (Å²) in [6.45, 7) is 19.7. The van der Waals surface area contributed by atoms with Gasteiger partial charge < -0.3 is 48.3 Å². The smallest absolute Gasteiger partial charge is 0.311 e. The predicted octanol–water partition coefficient (Wildman–Crippen LogP) is 4.81. The summed E-state index contributed by atoms with van der Waals surface area (Å²) in [5.74, 6) is -1.60. The molecular formula is C37H65NO10. The maximum atomic E-state index is 14.1. The molecule has 4 aliphatic heterocycles. The largest absolute Gasteiger partial charge is 0.489 e. The van der Waals surface area contributed by atoms with Gasteiger partial charge in [0.05, 0.1) is 35.9 Å². The van der Waals surface area contributed by atoms with Gasteiger partial charge >= 0.3 is 5.97 Å². The second kappa shape index (κ2) is 15.5. The van der Waals surface area contributed by atoms with Crippen LogP contribution in [0.4, 0.5) is 0 Å². The molecule has 278 valence electrons. The van der Waals surface area contributed by atoms with E-state index < -0.39 is 72.1 Å². The molecule has 4 aliphatic rings. The molecule has 3 fully saturated rings. The van der Waals surface area contributed by atoms with Crippen molar-refractivity contribution in [3.05, 3.63) is 11.3 Å². The third-order valence-electron chi connectivity index (χ3n) is 11.6. The van der Waals surface area contributed by atoms with Gasteiger partial charge in [0.25, 0.3) is 0 Å². The summed E-state index contributed by atoms with van der Waals surface area (Å²) >= 11 is 0. The molecule has 0 aliphatic carbocycles. The zero-order valence-corrected chi connectivity index (χ0v) is 31.7. The molecule has 4 heterocycles. The Morgan fingerprint density at radius 1 is 0.917 bits per heavy atom. The monoisotopic (exact) mass is 683 g/mol. The third kappa shape index (κ3) is 8.25. The van der Waals surface area contributed by atoms with Crippen LogP contribution in [0.15, 0.2) is 11.3 Å². The number of aliphatic hydroxyl groups excluding tert-OH is 2. The highest BCUT2D eigenvalue weighted by atomic mass is 16.7. The van der Waals surface area contributed by atoms with E-state index in [1.807, 2.05) is 88.2 Å². The Kier molecular flexibility index (Phi) is 12.8. The number of methoxy groups -OCH3 is 1. The van der Waals surface area contributed by atoms with Crippen LogP contribution in [0.1, 0.15) is 101 Å². The first-order chi connectivity index (χ1) is 22.3. The molecule has 0 aromatic heterocycles. The molecule has 0 radical (unpaired) electrons. The molecule has 0 spiro atoms. The molecular weight excluding hydrogens is 618 g/mol. The maximum absolute atomic E-state index is 14.1. The Hall–Kier alpha value is -1.31. The van der Waals surface area contributed by atoms with Gasteiger partial charge in [0.15, 0.2) is 12.6 Å². The molecule has 0 aromatic carbocycles. The lowest BCUT2D eigenvalue weighted by Crippen LogP contribution is -2.59. The molecule has 0 amide bonds. The molecule has 3 saturated heterocycles. The third-order valence-corrected chi connectivity index (χ3v) is 11.6. The Morgan fingerprint density at radius 3 is 2.19 bits per heavy atom. The normalized spacial score (nSPS) is 48.0. The van der Waals surface area contributed by atoms with Gasteiger partial charge in [-0.05, 0) is 74.1 Å². The van der Waals surface area contributed by atoms with Gasteiger partial charge in [-0.25, -0.2) is 0 Å². The van der Waals surface area contributed by atoms with Crippen molar-refractivity contribution in [3.8, 4) is 0 Å². The van der Waals surface area contributed by atoms with Crippen molar-refractivity contribution in [2.45, 2.75) is 174 Å². The predicted molar refractivity (Wildman–Crippen MR) is 181 cm³/mol. The fraction of sp³-hybridized carbons (Fsp3) is 0.919. The number of esters is 1. The number of cyclic esters (lactones) is 1. The summed E-state index contributed by atoms with van der Waals surface area (Å²) in [5.41, 5.74) is -0.370. The molecule has 4 rings (SSSR count). The van der Waals surface area contributed by atoms with Crippen molar-refractivity contribution in [1.29, 1.82) is 0 Å². The van der Waals surface area contributed by atoms with Crippen molar-refractivity contribution < 1.29 is 48.2 Å². The molecule has 2 N–H and O–H groups in total. The number of fused-ring (bicyclic) bond motifs is 2. The SMILES string of the molecule is CC[C@H]1OC(=O)[C@H](C)[C@@H](O[C@H]2C[C@@](C)(OC)C[C@H](C)O2)[C@H](C)[C@@H](O[C@@H]2O[C@H](C)C[C@H](N(C)C)[C@H]2O)[C@]2(C)CC(C)=C(O2)[C@H](C)[C@@H](O)[C@H]1C. The van der Waals surface area contributed by atoms with Crippen molar-refractivity contribution in [1.82, 2.24) is 4.90 Å². The second-order valence-electron chi connectivity index (χ2n) is 16.1. The molecule has 0 aromatic rings. The molecule has 11 nitrogen and oxygen atoms in total. The number of carbonyl (C=O) groups excluding carboxylic acids is 1. The molecule has 0 unspecified atom stereocenters. The fourth-order valence-corrected chi connectivity index (χ4v) is 8.73. The summed E-state index contributed by atoms with van der Waals surface area (Å²) < 4.78 is 45.4. The van der Waals surface area contributed by atoms with Crippen molar-refractivity contribution in [2.75, 3.05) is 21.2 Å². The quantitative estimate of drug-likeness (QED) is 0.360. The maximum Gasteiger partial charge on any atom is 0.311 e. The summed E-state index contributed by atoms with van der Waals surface area (Å²) in [7, 11) is 5.59. The van der Waals surface area contributed by atoms with E-state index in [2.05, 4.69) is 0 Å². The van der Waals surface area contributed by atoms with E-state index in [9.17, 15) is 15.0 Å². The van der Waals surface area contributed by atoms with Crippen molar-refractivity contribution in [2.24, 2.45) is 23.7 Å². The number of hydrogen-bond donors (Lipinski definition) is 2. The van der Waals surface area contributed by atoms with E-state index in [4.69, 9.17) is 33.2 Å². The lowest BCUT2D eigenvalue weighted by atomic mass is 9.79. The zero-order chi connectivity index (χ0) is 35.9. The van der Waals surface area contributed by atoms with Crippen LogP contribution in [0, 0.1) is 23.7 Å². The van der Waals surface area contributed by atoms with Crippen molar-refractivity contribution >= 4 is 5.97 Å². The van der Waals surface area contributed by atoms with E-state index in [-0.39, 0.29) is 30.1 Å². The van der Waals surface area contributed by atoms with Crippen LogP contribution in [0.5, 0.6) is 0 Å². The number of hydrogen-bond acceptors (Lipinski definition) is 11. The molecule has 11 heteroatoms. The van der Waals surface area contributed by atoms with Crippen LogP contribution in [0.25, 0.3) is 0 Å². The summed E-state index contributed by atoms with van der Waals surface area (Å²) in [6, 6.07) is -0.177. The van der Waals surface area contributed by atoms with E-state index in [1.54, 1.807) is 7.11 Å². The number of ether oxygens (including phenoxy) is 7. The molecule has 48 heavy (non-hydrogen) atoms. The zero-order valence-electron chi connectivity index (χ0n) is 31.7. The van der Waals surface area contributed by atoms with Gasteiger partial charge in [-0.15, -0.1) is 0 Å². The minimum absolute atomic E-state index is 0.123. The van der Waals surface area contributed by atoms with Gasteiger partial charge in [-0.2, -0.15) is 0 Å². The second-order valence-corrected chi connectivity index (χ2v) is 16.1. The number of likely N-dealkylation sites (N-methyl/N-ethyl adjacent to an activating group) is 1. The van der Waals surface area contributed by atoms with Crippen LogP contribution < -0.4 is 0 Å². The van der Waals surface area contributed by atoms with Gasteiger partial charge in [0.1, 0.15) is 29.7 Å². The molecule has 16 atom stereocenters. The van der Waals surface area contributed by atoms with Gasteiger partial charge in [-0.3, -0.25) is 4.79 Å². The summed E-state index contributed by atoms with van der Waals surface area (Å²) in [6.07, 6.45) is -2.65. The average Bonchev–Trinajstić information content (AvgIpc) is 3.34. The van der Waals surface area contributed by atoms with Crippen LogP contribution in [0.2, 0.25) is 0 Å². The minimum Gasteiger partial charge on any atom is -0.489 e. The van der Waals surface area contributed by atoms with Crippen LogP contribution in [-0.2, 0) is 38.0 Å². The van der Waals surface area contributed by atoms with Gasteiger partial charge in [0.2, 0.25) is 0 Å². The fourth-order valence-electron chi connectivity index (χ4n) is 8.73. The summed E-state index contributed by atoms with van der Waals surface area (Å²) in [5, 5.41) is 23.2. The van der Waals surface area contributed by atoms with Gasteiger partial charge in [0, 0.05) is 50.2 Å². The average molecular weight is 684 g/mol. The highest BCUT2D eigenvalue weighted by Crippen LogP contribution is 2.47. The van der Waals surface area contributed by atoms with Crippen LogP contribution in [0.3, 0.4) is 0 Å². The Morgan fingerprint density at radius 2 is 1.58 bits per heavy atom. The van der Waals surface area contributed by atoms with E-state index in [0.717, 1.165) is 5.57 Å². The van der Waals surface area contributed by atoms with E-state index >= 15 is 0 Å². The standard InChI is InChI=1S/C37H65NO10/c1-14-27-22(5)29(39)23(6)31-19(2)16-37(10,48-31)33(47-35-30(40)26(38(11)12)15-20(3)44-35)24(7)32(25(8)34(41)45-27)46-28-18-36(9,42-13)17-21(4)43-28/h20-30,32-33,35,39-40H,14-18H2,1-13H3/t20-,21+,22+,23-,24+,25-,26+,27-,28+,29+,30-,32+,33-,35+,36+,37+/m1/s1. The minimum atomic E-state index is -0.952. The lowest BCUT2D eigenvalue weighted by Gasteiger charge is -2.48. The first-order valence-corrected chi connectivity index (χ1v) is 18.1. The lowest BCUT2D eigenvalue weighted by molar-refractivity contribution is -0.308. The van der Waals surface area contributed by atoms with E-state index in [1.165, 1.54) is 0 Å². The molecule has 0 saturated carbocycles. The van der Waals surface area contributed by atoms with Crippen molar-refractivity contribution in [3.63, 3.8) is 0 Å². The highest BCUT2D eigenvalue weighted by Gasteiger charge is 2.54. The first-order valence-electron chi connectivity index (χ1n) is 18.1.